The lowest BCUT2D eigenvalue weighted by molar-refractivity contribution is -0.122. The summed E-state index contributed by atoms with van der Waals surface area (Å²) in [6, 6.07) is 19.3. The van der Waals surface area contributed by atoms with Crippen molar-refractivity contribution in [3.05, 3.63) is 98.1 Å². The van der Waals surface area contributed by atoms with Gasteiger partial charge in [-0.1, -0.05) is 54.1 Å². The Bertz CT molecular complexity index is 1300. The highest BCUT2D eigenvalue weighted by molar-refractivity contribution is 8.18. The lowest BCUT2D eigenvalue weighted by Gasteiger charge is -2.13. The number of nitrogens with zero attached hydrogens (tertiary/aromatic N) is 1. The number of halogens is 1. The summed E-state index contributed by atoms with van der Waals surface area (Å²) in [4.78, 5) is 53.7. The molecule has 0 aliphatic carbocycles. The van der Waals surface area contributed by atoms with E-state index in [-0.39, 0.29) is 18.7 Å². The van der Waals surface area contributed by atoms with E-state index in [0.29, 0.717) is 15.6 Å². The van der Waals surface area contributed by atoms with E-state index >= 15 is 0 Å². The third kappa shape index (κ3) is 5.24. The number of thioether (sulfide) groups is 1. The van der Waals surface area contributed by atoms with E-state index in [1.54, 1.807) is 36.4 Å². The molecule has 3 amide bonds. The van der Waals surface area contributed by atoms with Crippen LogP contribution >= 0.6 is 23.4 Å². The fourth-order valence-corrected chi connectivity index (χ4v) is 4.21. The summed E-state index contributed by atoms with van der Waals surface area (Å²) in [5, 5.41) is 2.75. The van der Waals surface area contributed by atoms with Gasteiger partial charge >= 0.3 is 0 Å². The Morgan fingerprint density at radius 2 is 1.73 bits per heavy atom. The van der Waals surface area contributed by atoms with Crippen LogP contribution in [0, 0.1) is 0 Å². The van der Waals surface area contributed by atoms with Crippen LogP contribution in [0.3, 0.4) is 0 Å². The largest absolute Gasteiger partial charge is 0.350 e. The zero-order chi connectivity index (χ0) is 23.4. The van der Waals surface area contributed by atoms with Crippen molar-refractivity contribution in [2.45, 2.75) is 0 Å². The van der Waals surface area contributed by atoms with Gasteiger partial charge in [0.05, 0.1) is 4.91 Å². The number of amides is 3. The summed E-state index contributed by atoms with van der Waals surface area (Å²) in [6.45, 7) is 0.0132. The number of pyridine rings is 1. The van der Waals surface area contributed by atoms with Crippen LogP contribution in [0.4, 0.5) is 4.79 Å². The molecule has 0 saturated carbocycles. The molecule has 1 aliphatic heterocycles. The summed E-state index contributed by atoms with van der Waals surface area (Å²) >= 11 is 6.70. The minimum atomic E-state index is -0.584. The number of carbonyl (C=O) groups is 3. The number of nitrogens with one attached hydrogen (secondary N) is 2. The molecule has 3 aromatic rings. The van der Waals surface area contributed by atoms with Gasteiger partial charge in [-0.15, -0.1) is 0 Å². The maximum Gasteiger partial charge on any atom is 0.293 e. The Hall–Kier alpha value is -3.62. The number of carbonyl (C=O) groups excluding carboxylic acids is 3. The Kier molecular flexibility index (Phi) is 6.76. The fourth-order valence-electron chi connectivity index (χ4n) is 3.22. The van der Waals surface area contributed by atoms with Gasteiger partial charge in [-0.25, -0.2) is 0 Å². The lowest BCUT2D eigenvalue weighted by Crippen LogP contribution is -2.38. The number of rotatable bonds is 6. The van der Waals surface area contributed by atoms with Gasteiger partial charge in [0, 0.05) is 23.8 Å². The first-order valence-electron chi connectivity index (χ1n) is 10.0. The molecule has 0 spiro atoms. The molecule has 1 aliphatic rings. The lowest BCUT2D eigenvalue weighted by atomic mass is 10.1. The molecule has 33 heavy (non-hydrogen) atoms. The van der Waals surface area contributed by atoms with Gasteiger partial charge in [0.1, 0.15) is 5.56 Å². The minimum Gasteiger partial charge on any atom is -0.350 e. The number of aromatic nitrogens is 1. The highest BCUT2D eigenvalue weighted by atomic mass is 35.5. The Morgan fingerprint density at radius 1 is 1.00 bits per heavy atom. The number of benzene rings is 2. The molecule has 0 unspecified atom stereocenters. The van der Waals surface area contributed by atoms with Crippen LogP contribution in [0.5, 0.6) is 0 Å². The number of H-pyrrole nitrogens is 1. The Labute approximate surface area is 198 Å². The van der Waals surface area contributed by atoms with Gasteiger partial charge in [-0.05, 0) is 53.2 Å². The van der Waals surface area contributed by atoms with Gasteiger partial charge in [-0.2, -0.15) is 0 Å². The van der Waals surface area contributed by atoms with Gasteiger partial charge < -0.3 is 10.3 Å². The van der Waals surface area contributed by atoms with E-state index in [4.69, 9.17) is 11.6 Å². The van der Waals surface area contributed by atoms with Crippen molar-refractivity contribution in [1.82, 2.24) is 15.2 Å². The second-order valence-electron chi connectivity index (χ2n) is 7.12. The molecule has 4 rings (SSSR count). The van der Waals surface area contributed by atoms with Crippen molar-refractivity contribution >= 4 is 46.5 Å². The molecule has 1 aromatic heterocycles. The van der Waals surface area contributed by atoms with Crippen LogP contribution in [-0.4, -0.2) is 40.0 Å². The number of aromatic amines is 1. The average Bonchev–Trinajstić information content (AvgIpc) is 3.08. The second-order valence-corrected chi connectivity index (χ2v) is 8.55. The number of imide groups is 1. The van der Waals surface area contributed by atoms with E-state index < -0.39 is 22.6 Å². The summed E-state index contributed by atoms with van der Waals surface area (Å²) in [7, 11) is 0. The smallest absolute Gasteiger partial charge is 0.293 e. The normalized spacial score (nSPS) is 14.7. The quantitative estimate of drug-likeness (QED) is 0.517. The summed E-state index contributed by atoms with van der Waals surface area (Å²) in [6.07, 6.45) is 1.62. The number of hydrogen-bond donors (Lipinski definition) is 2. The van der Waals surface area contributed by atoms with Gasteiger partial charge in [-0.3, -0.25) is 24.1 Å². The summed E-state index contributed by atoms with van der Waals surface area (Å²) in [5.74, 6) is -1.02. The van der Waals surface area contributed by atoms with Crippen molar-refractivity contribution in [2.24, 2.45) is 0 Å². The first-order valence-corrected chi connectivity index (χ1v) is 11.2. The highest BCUT2D eigenvalue weighted by Crippen LogP contribution is 2.32. The molecule has 2 N–H and O–H groups in total. The summed E-state index contributed by atoms with van der Waals surface area (Å²) in [5.41, 5.74) is 1.60. The molecule has 1 fully saturated rings. The molecule has 0 bridgehead atoms. The first-order chi connectivity index (χ1) is 15.9. The predicted molar refractivity (Wildman–Crippen MR) is 129 cm³/mol. The molecule has 166 valence electrons. The molecule has 0 radical (unpaired) electrons. The highest BCUT2D eigenvalue weighted by Gasteiger charge is 2.34. The maximum atomic E-state index is 12.6. The van der Waals surface area contributed by atoms with E-state index in [0.717, 1.165) is 27.8 Å². The molecular weight excluding hydrogens is 462 g/mol. The molecule has 9 heteroatoms. The Morgan fingerprint density at radius 3 is 2.42 bits per heavy atom. The van der Waals surface area contributed by atoms with E-state index in [1.165, 1.54) is 6.07 Å². The van der Waals surface area contributed by atoms with E-state index in [2.05, 4.69) is 10.3 Å². The second kappa shape index (κ2) is 9.89. The van der Waals surface area contributed by atoms with E-state index in [9.17, 15) is 19.2 Å². The van der Waals surface area contributed by atoms with Crippen molar-refractivity contribution in [3.8, 4) is 11.3 Å². The van der Waals surface area contributed by atoms with E-state index in [1.807, 2.05) is 30.3 Å². The molecular formula is C24H18ClN3O4S. The van der Waals surface area contributed by atoms with Gasteiger partial charge in [0.25, 0.3) is 22.6 Å². The van der Waals surface area contributed by atoms with Crippen LogP contribution in [0.15, 0.2) is 76.4 Å². The van der Waals surface area contributed by atoms with Crippen LogP contribution in [0.1, 0.15) is 15.9 Å². The van der Waals surface area contributed by atoms with Crippen molar-refractivity contribution in [1.29, 1.82) is 0 Å². The standard InChI is InChI=1S/C24H18ClN3O4S/c25-17-8-6-15(7-9-17)14-20-23(31)28(24(32)33-20)13-12-26-21(29)18-10-11-19(27-22(18)30)16-4-2-1-3-5-16/h1-11,14H,12-13H2,(H,26,29)(H,27,30)/b20-14-. The molecule has 1 saturated heterocycles. The third-order valence-electron chi connectivity index (χ3n) is 4.90. The third-order valence-corrected chi connectivity index (χ3v) is 6.06. The van der Waals surface area contributed by atoms with Crippen molar-refractivity contribution < 1.29 is 14.4 Å². The van der Waals surface area contributed by atoms with Crippen LogP contribution in [0.2, 0.25) is 5.02 Å². The predicted octanol–water partition coefficient (Wildman–Crippen LogP) is 4.16. The first kappa shape index (κ1) is 22.6. The van der Waals surface area contributed by atoms with Crippen LogP contribution in [-0.2, 0) is 4.79 Å². The molecule has 2 heterocycles. The molecule has 2 aromatic carbocycles. The van der Waals surface area contributed by atoms with Crippen molar-refractivity contribution in [2.75, 3.05) is 13.1 Å². The fraction of sp³-hybridized carbons (Fsp3) is 0.0833. The zero-order valence-corrected chi connectivity index (χ0v) is 18.8. The minimum absolute atomic E-state index is 0.00559. The van der Waals surface area contributed by atoms with Crippen molar-refractivity contribution in [3.63, 3.8) is 0 Å². The zero-order valence-electron chi connectivity index (χ0n) is 17.2. The van der Waals surface area contributed by atoms with Crippen LogP contribution < -0.4 is 10.9 Å². The van der Waals surface area contributed by atoms with Gasteiger partial charge in [0.2, 0.25) is 0 Å². The SMILES string of the molecule is O=C(NCCN1C(=O)S/C(=C\c2ccc(Cl)cc2)C1=O)c1ccc(-c2ccccc2)[nH]c1=O. The summed E-state index contributed by atoms with van der Waals surface area (Å²) < 4.78 is 0. The number of hydrogen-bond acceptors (Lipinski definition) is 5. The maximum absolute atomic E-state index is 12.6. The van der Waals surface area contributed by atoms with Gasteiger partial charge in [0.15, 0.2) is 0 Å². The van der Waals surface area contributed by atoms with Crippen LogP contribution in [0.25, 0.3) is 17.3 Å². The topological polar surface area (TPSA) is 99.3 Å². The molecule has 7 nitrogen and oxygen atoms in total. The average molecular weight is 480 g/mol. The Balaban J connectivity index is 1.36. The monoisotopic (exact) mass is 479 g/mol. The molecule has 0 atom stereocenters.